The minimum atomic E-state index is 0.414. The number of benzene rings is 1. The van der Waals surface area contributed by atoms with E-state index < -0.39 is 0 Å². The molecule has 86 valence electrons. The quantitative estimate of drug-likeness (QED) is 0.772. The van der Waals surface area contributed by atoms with E-state index in [9.17, 15) is 0 Å². The maximum Gasteiger partial charge on any atom is 0.0180 e. The summed E-state index contributed by atoms with van der Waals surface area (Å²) in [5.41, 5.74) is 9.10. The van der Waals surface area contributed by atoms with E-state index in [2.05, 4.69) is 29.2 Å². The molecule has 2 nitrogen and oxygen atoms in total. The SMILES string of the molecule is NC1CCN(C2CCc3ccccc3C2)C1. The van der Waals surface area contributed by atoms with E-state index in [1.807, 2.05) is 0 Å². The van der Waals surface area contributed by atoms with E-state index in [1.54, 1.807) is 11.1 Å². The van der Waals surface area contributed by atoms with Crippen molar-refractivity contribution in [2.75, 3.05) is 13.1 Å². The Morgan fingerprint density at radius 2 is 1.94 bits per heavy atom. The third kappa shape index (κ3) is 1.87. The number of likely N-dealkylation sites (tertiary alicyclic amines) is 1. The maximum absolute atomic E-state index is 5.98. The van der Waals surface area contributed by atoms with Crippen molar-refractivity contribution in [1.82, 2.24) is 4.90 Å². The van der Waals surface area contributed by atoms with Crippen LogP contribution in [0.3, 0.4) is 0 Å². The summed E-state index contributed by atoms with van der Waals surface area (Å²) in [7, 11) is 0. The summed E-state index contributed by atoms with van der Waals surface area (Å²) in [5.74, 6) is 0. The van der Waals surface area contributed by atoms with Gasteiger partial charge in [0, 0.05) is 25.2 Å². The predicted molar refractivity (Wildman–Crippen MR) is 66.4 cm³/mol. The van der Waals surface area contributed by atoms with Crippen molar-refractivity contribution in [3.8, 4) is 0 Å². The number of rotatable bonds is 1. The van der Waals surface area contributed by atoms with Gasteiger partial charge in [-0.25, -0.2) is 0 Å². The zero-order chi connectivity index (χ0) is 11.0. The molecule has 0 saturated carbocycles. The molecule has 3 rings (SSSR count). The molecule has 1 aliphatic carbocycles. The Morgan fingerprint density at radius 1 is 1.12 bits per heavy atom. The second-order valence-corrected chi connectivity index (χ2v) is 5.21. The van der Waals surface area contributed by atoms with Crippen molar-refractivity contribution in [3.63, 3.8) is 0 Å². The number of fused-ring (bicyclic) bond motifs is 1. The molecule has 0 spiro atoms. The molecule has 0 bridgehead atoms. The monoisotopic (exact) mass is 216 g/mol. The standard InChI is InChI=1S/C14H20N2/c15-13-7-8-16(10-13)14-6-5-11-3-1-2-4-12(11)9-14/h1-4,13-14H,5-10,15H2. The Bertz CT molecular complexity index is 375. The van der Waals surface area contributed by atoms with Crippen LogP contribution in [0.1, 0.15) is 24.0 Å². The lowest BCUT2D eigenvalue weighted by atomic mass is 9.88. The molecule has 2 heteroatoms. The minimum absolute atomic E-state index is 0.414. The summed E-state index contributed by atoms with van der Waals surface area (Å²) in [6.45, 7) is 2.31. The smallest absolute Gasteiger partial charge is 0.0180 e. The van der Waals surface area contributed by atoms with Crippen LogP contribution in [0.25, 0.3) is 0 Å². The lowest BCUT2D eigenvalue weighted by molar-refractivity contribution is 0.219. The van der Waals surface area contributed by atoms with E-state index in [0.717, 1.165) is 12.6 Å². The highest BCUT2D eigenvalue weighted by Crippen LogP contribution is 2.26. The van der Waals surface area contributed by atoms with E-state index in [0.29, 0.717) is 6.04 Å². The molecule has 2 atom stereocenters. The van der Waals surface area contributed by atoms with Crippen molar-refractivity contribution >= 4 is 0 Å². The fourth-order valence-electron chi connectivity index (χ4n) is 3.14. The third-order valence-electron chi connectivity index (χ3n) is 4.09. The Hall–Kier alpha value is -0.860. The van der Waals surface area contributed by atoms with Gasteiger partial charge in [0.2, 0.25) is 0 Å². The molecule has 2 unspecified atom stereocenters. The predicted octanol–water partition coefficient (Wildman–Crippen LogP) is 1.58. The van der Waals surface area contributed by atoms with Crippen molar-refractivity contribution in [2.45, 2.75) is 37.8 Å². The van der Waals surface area contributed by atoms with Crippen molar-refractivity contribution < 1.29 is 0 Å². The number of hydrogen-bond acceptors (Lipinski definition) is 2. The molecule has 0 aromatic heterocycles. The van der Waals surface area contributed by atoms with Gasteiger partial charge in [-0.15, -0.1) is 0 Å². The topological polar surface area (TPSA) is 29.3 Å². The summed E-state index contributed by atoms with van der Waals surface area (Å²) in [4.78, 5) is 2.60. The van der Waals surface area contributed by atoms with Crippen LogP contribution in [-0.2, 0) is 12.8 Å². The number of aryl methyl sites for hydroxylation is 1. The molecule has 1 saturated heterocycles. The lowest BCUT2D eigenvalue weighted by Gasteiger charge is -2.32. The molecule has 1 fully saturated rings. The summed E-state index contributed by atoms with van der Waals surface area (Å²) >= 11 is 0. The van der Waals surface area contributed by atoms with E-state index in [-0.39, 0.29) is 0 Å². The first-order valence-corrected chi connectivity index (χ1v) is 6.39. The fourth-order valence-corrected chi connectivity index (χ4v) is 3.14. The number of hydrogen-bond donors (Lipinski definition) is 1. The highest BCUT2D eigenvalue weighted by Gasteiger charge is 2.28. The highest BCUT2D eigenvalue weighted by atomic mass is 15.2. The first kappa shape index (κ1) is 10.3. The molecule has 1 aromatic carbocycles. The Balaban J connectivity index is 1.73. The first-order chi connectivity index (χ1) is 7.83. The molecule has 1 aromatic rings. The fraction of sp³-hybridized carbons (Fsp3) is 0.571. The van der Waals surface area contributed by atoms with Crippen molar-refractivity contribution in [1.29, 1.82) is 0 Å². The molecule has 0 radical (unpaired) electrons. The zero-order valence-corrected chi connectivity index (χ0v) is 9.73. The molecular formula is C14H20N2. The highest BCUT2D eigenvalue weighted by molar-refractivity contribution is 5.30. The summed E-state index contributed by atoms with van der Waals surface area (Å²) in [5, 5.41) is 0. The van der Waals surface area contributed by atoms with Crippen LogP contribution in [0.4, 0.5) is 0 Å². The molecule has 2 aliphatic rings. The van der Waals surface area contributed by atoms with Gasteiger partial charge in [-0.3, -0.25) is 4.90 Å². The van der Waals surface area contributed by atoms with Gasteiger partial charge in [-0.1, -0.05) is 24.3 Å². The van der Waals surface area contributed by atoms with Gasteiger partial charge in [0.25, 0.3) is 0 Å². The molecule has 1 aliphatic heterocycles. The molecule has 16 heavy (non-hydrogen) atoms. The van der Waals surface area contributed by atoms with Gasteiger partial charge in [0.05, 0.1) is 0 Å². The summed E-state index contributed by atoms with van der Waals surface area (Å²) in [6, 6.07) is 10.0. The lowest BCUT2D eigenvalue weighted by Crippen LogP contribution is -2.39. The number of nitrogens with two attached hydrogens (primary N) is 1. The molecule has 1 heterocycles. The normalized spacial score (nSPS) is 30.3. The second kappa shape index (κ2) is 4.19. The number of nitrogens with zero attached hydrogens (tertiary/aromatic N) is 1. The van der Waals surface area contributed by atoms with Gasteiger partial charge in [-0.2, -0.15) is 0 Å². The van der Waals surface area contributed by atoms with Crippen molar-refractivity contribution in [3.05, 3.63) is 35.4 Å². The largest absolute Gasteiger partial charge is 0.326 e. The van der Waals surface area contributed by atoms with Gasteiger partial charge >= 0.3 is 0 Å². The van der Waals surface area contributed by atoms with Gasteiger partial charge in [0.1, 0.15) is 0 Å². The third-order valence-corrected chi connectivity index (χ3v) is 4.09. The summed E-state index contributed by atoms with van der Waals surface area (Å²) < 4.78 is 0. The average Bonchev–Trinajstić information content (AvgIpc) is 2.75. The first-order valence-electron chi connectivity index (χ1n) is 6.39. The van der Waals surface area contributed by atoms with Crippen molar-refractivity contribution in [2.24, 2.45) is 5.73 Å². The maximum atomic E-state index is 5.98. The van der Waals surface area contributed by atoms with Crippen LogP contribution in [0, 0.1) is 0 Å². The van der Waals surface area contributed by atoms with E-state index in [4.69, 9.17) is 5.73 Å². The average molecular weight is 216 g/mol. The van der Waals surface area contributed by atoms with Gasteiger partial charge in [0.15, 0.2) is 0 Å². The van der Waals surface area contributed by atoms with Gasteiger partial charge in [-0.05, 0) is 36.8 Å². The van der Waals surface area contributed by atoms with Crippen LogP contribution < -0.4 is 5.73 Å². The van der Waals surface area contributed by atoms with Crippen LogP contribution >= 0.6 is 0 Å². The molecule has 2 N–H and O–H groups in total. The molecular weight excluding hydrogens is 196 g/mol. The minimum Gasteiger partial charge on any atom is -0.326 e. The Kier molecular flexibility index (Phi) is 2.70. The van der Waals surface area contributed by atoms with Crippen LogP contribution in [0.2, 0.25) is 0 Å². The zero-order valence-electron chi connectivity index (χ0n) is 9.73. The van der Waals surface area contributed by atoms with Gasteiger partial charge < -0.3 is 5.73 Å². The Labute approximate surface area is 97.4 Å². The second-order valence-electron chi connectivity index (χ2n) is 5.21. The van der Waals surface area contributed by atoms with Crippen LogP contribution in [0.5, 0.6) is 0 Å². The van der Waals surface area contributed by atoms with E-state index >= 15 is 0 Å². The van der Waals surface area contributed by atoms with E-state index in [1.165, 1.54) is 32.2 Å². The summed E-state index contributed by atoms with van der Waals surface area (Å²) in [6.07, 6.45) is 4.96. The Morgan fingerprint density at radius 3 is 2.69 bits per heavy atom. The molecule has 0 amide bonds. The van der Waals surface area contributed by atoms with Crippen LogP contribution in [-0.4, -0.2) is 30.1 Å². The van der Waals surface area contributed by atoms with Crippen LogP contribution in [0.15, 0.2) is 24.3 Å².